The molecule has 446 valence electrons. The second-order valence-corrected chi connectivity index (χ2v) is 23.1. The standard InChI is InChI=1S/C70H131NO5/c1-3-5-7-9-11-13-15-16-17-18-30-34-37-40-44-48-52-56-60-64-70(75)76-65-61-57-53-49-45-41-38-35-32-29-27-25-23-21-19-20-22-24-26-28-31-33-36-39-43-47-51-55-59-63-69(74)71-67(66-72)68(73)62-58-54-50-46-42-14-12-10-8-6-4-2/h16-17,19,21,25,27,58,62,67-68,72-73H,3-15,18,20,22-24,26,28-57,59-61,63-66H2,1-2H3,(H,71,74)/b17-16-,21-19-,27-25-,62-58+. The normalized spacial score (nSPS) is 12.8. The first kappa shape index (κ1) is 73.8. The minimum atomic E-state index is -0.844. The van der Waals surface area contributed by atoms with Crippen molar-refractivity contribution in [1.29, 1.82) is 0 Å². The molecule has 0 rings (SSSR count). The van der Waals surface area contributed by atoms with Crippen molar-refractivity contribution in [2.45, 2.75) is 373 Å². The van der Waals surface area contributed by atoms with Crippen LogP contribution in [0.5, 0.6) is 0 Å². The van der Waals surface area contributed by atoms with Gasteiger partial charge in [0.15, 0.2) is 0 Å². The van der Waals surface area contributed by atoms with Gasteiger partial charge in [-0.2, -0.15) is 0 Å². The van der Waals surface area contributed by atoms with E-state index in [2.05, 4.69) is 55.6 Å². The first-order valence-corrected chi connectivity index (χ1v) is 33.9. The molecular formula is C70H131NO5. The van der Waals surface area contributed by atoms with Crippen molar-refractivity contribution in [3.63, 3.8) is 0 Å². The van der Waals surface area contributed by atoms with Crippen molar-refractivity contribution in [1.82, 2.24) is 5.32 Å². The molecule has 6 heteroatoms. The molecule has 0 heterocycles. The summed E-state index contributed by atoms with van der Waals surface area (Å²) in [6.45, 7) is 4.90. The number of amides is 1. The highest BCUT2D eigenvalue weighted by atomic mass is 16.5. The number of hydrogen-bond donors (Lipinski definition) is 3. The first-order chi connectivity index (χ1) is 37.5. The fourth-order valence-electron chi connectivity index (χ4n) is 10.4. The zero-order valence-corrected chi connectivity index (χ0v) is 51.0. The van der Waals surface area contributed by atoms with Crippen LogP contribution >= 0.6 is 0 Å². The van der Waals surface area contributed by atoms with Crippen LogP contribution in [-0.4, -0.2) is 47.4 Å². The van der Waals surface area contributed by atoms with E-state index in [1.165, 1.54) is 283 Å². The van der Waals surface area contributed by atoms with E-state index in [4.69, 9.17) is 4.74 Å². The summed E-state index contributed by atoms with van der Waals surface area (Å²) in [4.78, 5) is 24.5. The molecule has 0 radical (unpaired) electrons. The lowest BCUT2D eigenvalue weighted by Gasteiger charge is -2.20. The third-order valence-corrected chi connectivity index (χ3v) is 15.6. The molecule has 76 heavy (non-hydrogen) atoms. The summed E-state index contributed by atoms with van der Waals surface area (Å²) in [5.41, 5.74) is 0. The monoisotopic (exact) mass is 1070 g/mol. The molecule has 6 nitrogen and oxygen atoms in total. The average Bonchev–Trinajstić information content (AvgIpc) is 3.42. The van der Waals surface area contributed by atoms with Gasteiger partial charge in [0.25, 0.3) is 0 Å². The van der Waals surface area contributed by atoms with Crippen LogP contribution in [-0.2, 0) is 14.3 Å². The highest BCUT2D eigenvalue weighted by Crippen LogP contribution is 2.17. The molecule has 2 unspecified atom stereocenters. The molecule has 0 aromatic rings. The predicted molar refractivity (Wildman–Crippen MR) is 333 cm³/mol. The molecule has 2 atom stereocenters. The number of unbranched alkanes of at least 4 members (excludes halogenated alkanes) is 46. The molecule has 3 N–H and O–H groups in total. The van der Waals surface area contributed by atoms with Crippen LogP contribution in [0.15, 0.2) is 48.6 Å². The van der Waals surface area contributed by atoms with Crippen molar-refractivity contribution in [3.8, 4) is 0 Å². The Kier molecular flexibility index (Phi) is 63.5. The summed E-state index contributed by atoms with van der Waals surface area (Å²) in [6, 6.07) is -0.628. The Morgan fingerprint density at radius 1 is 0.368 bits per heavy atom. The van der Waals surface area contributed by atoms with Gasteiger partial charge in [0, 0.05) is 12.8 Å². The van der Waals surface area contributed by atoms with Crippen molar-refractivity contribution in [2.75, 3.05) is 13.2 Å². The van der Waals surface area contributed by atoms with Gasteiger partial charge in [0.2, 0.25) is 5.91 Å². The van der Waals surface area contributed by atoms with Crippen LogP contribution in [0, 0.1) is 0 Å². The third kappa shape index (κ3) is 61.0. The second-order valence-electron chi connectivity index (χ2n) is 23.1. The fourth-order valence-corrected chi connectivity index (χ4v) is 10.4. The molecule has 0 saturated heterocycles. The number of esters is 1. The number of carbonyl (C=O) groups is 2. The Hall–Kier alpha value is -2.18. The van der Waals surface area contributed by atoms with Crippen molar-refractivity contribution < 1.29 is 24.5 Å². The summed E-state index contributed by atoms with van der Waals surface area (Å²) in [7, 11) is 0. The van der Waals surface area contributed by atoms with Crippen LogP contribution in [0.4, 0.5) is 0 Å². The van der Waals surface area contributed by atoms with Gasteiger partial charge in [-0.05, 0) is 89.9 Å². The van der Waals surface area contributed by atoms with E-state index in [0.717, 1.165) is 51.4 Å². The Bertz CT molecular complexity index is 1270. The van der Waals surface area contributed by atoms with Crippen molar-refractivity contribution in [3.05, 3.63) is 48.6 Å². The van der Waals surface area contributed by atoms with Gasteiger partial charge in [0.05, 0.1) is 25.4 Å². The molecule has 0 saturated carbocycles. The van der Waals surface area contributed by atoms with Gasteiger partial charge >= 0.3 is 5.97 Å². The molecule has 0 spiro atoms. The first-order valence-electron chi connectivity index (χ1n) is 33.9. The lowest BCUT2D eigenvalue weighted by atomic mass is 10.0. The Morgan fingerprint density at radius 2 is 0.658 bits per heavy atom. The number of rotatable bonds is 63. The lowest BCUT2D eigenvalue weighted by Crippen LogP contribution is -2.45. The number of ether oxygens (including phenoxy) is 1. The molecule has 1 amide bonds. The number of allylic oxidation sites excluding steroid dienone is 7. The lowest BCUT2D eigenvalue weighted by molar-refractivity contribution is -0.143. The average molecular weight is 1070 g/mol. The van der Waals surface area contributed by atoms with Gasteiger partial charge in [0.1, 0.15) is 0 Å². The summed E-state index contributed by atoms with van der Waals surface area (Å²) in [5, 5.41) is 23.0. The van der Waals surface area contributed by atoms with Crippen molar-refractivity contribution >= 4 is 11.9 Å². The number of aliphatic hydroxyl groups excluding tert-OH is 2. The van der Waals surface area contributed by atoms with E-state index in [0.29, 0.717) is 19.4 Å². The highest BCUT2D eigenvalue weighted by Gasteiger charge is 2.18. The van der Waals surface area contributed by atoms with E-state index < -0.39 is 12.1 Å². The number of hydrogen-bond acceptors (Lipinski definition) is 5. The van der Waals surface area contributed by atoms with Crippen molar-refractivity contribution in [2.24, 2.45) is 0 Å². The Balaban J connectivity index is 3.39. The number of carbonyl (C=O) groups excluding carboxylic acids is 2. The smallest absolute Gasteiger partial charge is 0.305 e. The van der Waals surface area contributed by atoms with Crippen LogP contribution < -0.4 is 5.32 Å². The van der Waals surface area contributed by atoms with Gasteiger partial charge in [-0.1, -0.05) is 306 Å². The molecule has 0 fully saturated rings. The van der Waals surface area contributed by atoms with Crippen LogP contribution in [0.25, 0.3) is 0 Å². The maximum Gasteiger partial charge on any atom is 0.305 e. The van der Waals surface area contributed by atoms with Gasteiger partial charge < -0.3 is 20.3 Å². The fraction of sp³-hybridized carbons (Fsp3) is 0.857. The van der Waals surface area contributed by atoms with E-state index >= 15 is 0 Å². The van der Waals surface area contributed by atoms with Crippen LogP contribution in [0.1, 0.15) is 361 Å². The maximum absolute atomic E-state index is 12.4. The SMILES string of the molecule is CCCCCCCC/C=C\CCCCCCCCCCCC(=O)OCCCCCCCCCCC/C=C\C/C=C\CCCCCCCCCCCCCCCC(=O)NC(CO)C(O)/C=C/CCCCCCCCCCC. The molecule has 0 aliphatic rings. The third-order valence-electron chi connectivity index (χ3n) is 15.6. The summed E-state index contributed by atoms with van der Waals surface area (Å²) in [6.07, 6.45) is 84.7. The topological polar surface area (TPSA) is 95.9 Å². The molecule has 0 aromatic heterocycles. The molecule has 0 bridgehead atoms. The van der Waals surface area contributed by atoms with E-state index in [1.54, 1.807) is 6.08 Å². The quantitative estimate of drug-likeness (QED) is 0.0320. The van der Waals surface area contributed by atoms with E-state index in [1.807, 2.05) is 6.08 Å². The van der Waals surface area contributed by atoms with Gasteiger partial charge in [-0.25, -0.2) is 0 Å². The maximum atomic E-state index is 12.4. The Labute approximate surface area is 474 Å². The second kappa shape index (κ2) is 65.3. The molecular weight excluding hydrogens is 935 g/mol. The predicted octanol–water partition coefficient (Wildman–Crippen LogP) is 21.7. The van der Waals surface area contributed by atoms with Crippen LogP contribution in [0.3, 0.4) is 0 Å². The van der Waals surface area contributed by atoms with E-state index in [9.17, 15) is 19.8 Å². The number of nitrogens with one attached hydrogen (secondary N) is 1. The summed E-state index contributed by atoms with van der Waals surface area (Å²) < 4.78 is 5.50. The molecule has 0 aliphatic carbocycles. The zero-order valence-electron chi connectivity index (χ0n) is 51.0. The highest BCUT2D eigenvalue weighted by molar-refractivity contribution is 5.76. The Morgan fingerprint density at radius 3 is 1.01 bits per heavy atom. The molecule has 0 aromatic carbocycles. The molecule has 0 aliphatic heterocycles. The zero-order chi connectivity index (χ0) is 55.0. The minimum absolute atomic E-state index is 0.0112. The van der Waals surface area contributed by atoms with E-state index in [-0.39, 0.29) is 18.5 Å². The van der Waals surface area contributed by atoms with Crippen LogP contribution in [0.2, 0.25) is 0 Å². The summed E-state index contributed by atoms with van der Waals surface area (Å²) >= 11 is 0. The largest absolute Gasteiger partial charge is 0.466 e. The number of aliphatic hydroxyl groups is 2. The minimum Gasteiger partial charge on any atom is -0.466 e. The summed E-state index contributed by atoms with van der Waals surface area (Å²) in [5.74, 6) is -0.0586. The van der Waals surface area contributed by atoms with Gasteiger partial charge in [-0.3, -0.25) is 9.59 Å². The van der Waals surface area contributed by atoms with Gasteiger partial charge in [-0.15, -0.1) is 0 Å².